The SMILES string of the molecule is CCCCCCCC(=O)N[C@H](CC(=O)NC(c1ccccc1)(c1ccccc1)c1ccccc1)C(=O)c1ccccc1. The van der Waals surface area contributed by atoms with E-state index in [0.717, 1.165) is 48.8 Å². The van der Waals surface area contributed by atoms with E-state index in [9.17, 15) is 14.4 Å². The number of hydrogen-bond donors (Lipinski definition) is 2. The summed E-state index contributed by atoms with van der Waals surface area (Å²) in [6.45, 7) is 2.15. The van der Waals surface area contributed by atoms with Crippen LogP contribution in [0, 0.1) is 0 Å². The molecule has 0 aliphatic rings. The van der Waals surface area contributed by atoms with Crippen LogP contribution in [0.2, 0.25) is 0 Å². The van der Waals surface area contributed by atoms with Crippen LogP contribution in [-0.2, 0) is 15.1 Å². The van der Waals surface area contributed by atoms with Crippen molar-refractivity contribution in [2.75, 3.05) is 0 Å². The highest BCUT2D eigenvalue weighted by Gasteiger charge is 2.38. The second-order valence-corrected chi connectivity index (χ2v) is 10.6. The molecule has 2 amide bonds. The number of ketones is 1. The van der Waals surface area contributed by atoms with E-state index >= 15 is 0 Å². The maximum Gasteiger partial charge on any atom is 0.223 e. The molecular weight excluding hydrogens is 520 g/mol. The van der Waals surface area contributed by atoms with E-state index in [2.05, 4.69) is 17.6 Å². The van der Waals surface area contributed by atoms with E-state index in [1.807, 2.05) is 97.1 Å². The first-order valence-corrected chi connectivity index (χ1v) is 14.9. The minimum absolute atomic E-state index is 0.191. The summed E-state index contributed by atoms with van der Waals surface area (Å²) in [5.74, 6) is -0.840. The standard InChI is InChI=1S/C37H40N2O3/c1-2-3-4-5-18-27-34(40)38-33(36(42)29-19-10-6-11-20-29)28-35(41)39-37(30-21-12-7-13-22-30,31-23-14-8-15-24-31)32-25-16-9-17-26-32/h6-17,19-26,33H,2-5,18,27-28H2,1H3,(H,38,40)(H,39,41)/t33-/m1/s1. The Morgan fingerprint density at radius 2 is 1.05 bits per heavy atom. The normalized spacial score (nSPS) is 11.8. The van der Waals surface area contributed by atoms with Crippen molar-refractivity contribution in [3.63, 3.8) is 0 Å². The van der Waals surface area contributed by atoms with E-state index in [1.54, 1.807) is 24.3 Å². The highest BCUT2D eigenvalue weighted by atomic mass is 16.2. The number of rotatable bonds is 15. The second kappa shape index (κ2) is 15.5. The van der Waals surface area contributed by atoms with Gasteiger partial charge in [-0.1, -0.05) is 154 Å². The van der Waals surface area contributed by atoms with E-state index in [1.165, 1.54) is 0 Å². The molecule has 0 aromatic heterocycles. The number of hydrogen-bond acceptors (Lipinski definition) is 3. The molecule has 0 radical (unpaired) electrons. The summed E-state index contributed by atoms with van der Waals surface area (Å²) >= 11 is 0. The van der Waals surface area contributed by atoms with Gasteiger partial charge in [0.05, 0.1) is 6.42 Å². The fourth-order valence-electron chi connectivity index (χ4n) is 5.40. The summed E-state index contributed by atoms with van der Waals surface area (Å²) in [4.78, 5) is 40.6. The van der Waals surface area contributed by atoms with Gasteiger partial charge in [0, 0.05) is 12.0 Å². The Bertz CT molecular complexity index is 1310. The molecule has 0 bridgehead atoms. The number of nitrogens with one attached hydrogen (secondary N) is 2. The van der Waals surface area contributed by atoms with Crippen molar-refractivity contribution in [2.45, 2.75) is 63.5 Å². The summed E-state index contributed by atoms with van der Waals surface area (Å²) in [5.41, 5.74) is 2.11. The summed E-state index contributed by atoms with van der Waals surface area (Å²) in [6, 6.07) is 37.3. The molecule has 1 atom stereocenters. The van der Waals surface area contributed by atoms with Gasteiger partial charge in [-0.2, -0.15) is 0 Å². The van der Waals surface area contributed by atoms with Crippen LogP contribution < -0.4 is 10.6 Å². The van der Waals surface area contributed by atoms with Gasteiger partial charge in [0.15, 0.2) is 5.78 Å². The van der Waals surface area contributed by atoms with E-state index in [-0.39, 0.29) is 24.0 Å². The molecule has 42 heavy (non-hydrogen) atoms. The molecular formula is C37H40N2O3. The summed E-state index contributed by atoms with van der Waals surface area (Å²) in [6.07, 6.45) is 5.21. The molecule has 4 aromatic carbocycles. The number of benzene rings is 4. The molecule has 0 heterocycles. The predicted octanol–water partition coefficient (Wildman–Crippen LogP) is 7.21. The molecule has 5 heteroatoms. The van der Waals surface area contributed by atoms with Crippen LogP contribution in [0.4, 0.5) is 0 Å². The van der Waals surface area contributed by atoms with Crippen molar-refractivity contribution >= 4 is 17.6 Å². The number of unbranched alkanes of at least 4 members (excludes halogenated alkanes) is 4. The molecule has 0 aliphatic carbocycles. The lowest BCUT2D eigenvalue weighted by atomic mass is 9.76. The van der Waals surface area contributed by atoms with Crippen molar-refractivity contribution in [1.29, 1.82) is 0 Å². The zero-order chi connectivity index (χ0) is 29.6. The maximum atomic E-state index is 14.0. The highest BCUT2D eigenvalue weighted by molar-refractivity contribution is 6.04. The lowest BCUT2D eigenvalue weighted by Gasteiger charge is -2.37. The van der Waals surface area contributed by atoms with Crippen molar-refractivity contribution in [3.8, 4) is 0 Å². The molecule has 0 unspecified atom stereocenters. The smallest absolute Gasteiger partial charge is 0.223 e. The molecule has 0 aliphatic heterocycles. The summed E-state index contributed by atoms with van der Waals surface area (Å²) in [7, 11) is 0. The lowest BCUT2D eigenvalue weighted by Crippen LogP contribution is -2.51. The third kappa shape index (κ3) is 7.82. The minimum atomic E-state index is -1.01. The number of carbonyl (C=O) groups is 3. The first kappa shape index (κ1) is 30.4. The molecule has 2 N–H and O–H groups in total. The molecule has 4 rings (SSSR count). The molecule has 4 aromatic rings. The summed E-state index contributed by atoms with van der Waals surface area (Å²) in [5, 5.41) is 6.21. The van der Waals surface area contributed by atoms with Gasteiger partial charge in [0.1, 0.15) is 11.6 Å². The Hall–Kier alpha value is -4.51. The second-order valence-electron chi connectivity index (χ2n) is 10.6. The Balaban J connectivity index is 1.65. The van der Waals surface area contributed by atoms with Gasteiger partial charge < -0.3 is 10.6 Å². The zero-order valence-electron chi connectivity index (χ0n) is 24.3. The third-order valence-electron chi connectivity index (χ3n) is 7.55. The quantitative estimate of drug-likeness (QED) is 0.0916. The van der Waals surface area contributed by atoms with Crippen LogP contribution in [0.3, 0.4) is 0 Å². The molecule has 5 nitrogen and oxygen atoms in total. The highest BCUT2D eigenvalue weighted by Crippen LogP contribution is 2.37. The van der Waals surface area contributed by atoms with E-state index in [0.29, 0.717) is 12.0 Å². The van der Waals surface area contributed by atoms with Gasteiger partial charge in [0.2, 0.25) is 11.8 Å². The molecule has 0 saturated heterocycles. The molecule has 0 fully saturated rings. The fourth-order valence-corrected chi connectivity index (χ4v) is 5.40. The number of Topliss-reactive ketones (excluding diaryl/α,β-unsaturated/α-hetero) is 1. The predicted molar refractivity (Wildman–Crippen MR) is 168 cm³/mol. The van der Waals surface area contributed by atoms with Crippen LogP contribution >= 0.6 is 0 Å². The van der Waals surface area contributed by atoms with Gasteiger partial charge in [-0.3, -0.25) is 14.4 Å². The molecule has 0 spiro atoms. The largest absolute Gasteiger partial charge is 0.345 e. The summed E-state index contributed by atoms with van der Waals surface area (Å²) < 4.78 is 0. The number of carbonyl (C=O) groups excluding carboxylic acids is 3. The van der Waals surface area contributed by atoms with Crippen molar-refractivity contribution in [2.24, 2.45) is 0 Å². The van der Waals surface area contributed by atoms with Crippen molar-refractivity contribution in [3.05, 3.63) is 144 Å². The van der Waals surface area contributed by atoms with Crippen LogP contribution in [0.5, 0.6) is 0 Å². The van der Waals surface area contributed by atoms with Crippen LogP contribution in [0.1, 0.15) is 78.9 Å². The fraction of sp³-hybridized carbons (Fsp3) is 0.270. The van der Waals surface area contributed by atoms with Crippen molar-refractivity contribution < 1.29 is 14.4 Å². The average Bonchev–Trinajstić information content (AvgIpc) is 3.04. The van der Waals surface area contributed by atoms with Crippen molar-refractivity contribution in [1.82, 2.24) is 10.6 Å². The Labute approximate surface area is 249 Å². The third-order valence-corrected chi connectivity index (χ3v) is 7.55. The van der Waals surface area contributed by atoms with E-state index < -0.39 is 11.6 Å². The maximum absolute atomic E-state index is 14.0. The van der Waals surface area contributed by atoms with Crippen LogP contribution in [0.15, 0.2) is 121 Å². The van der Waals surface area contributed by atoms with Crippen LogP contribution in [-0.4, -0.2) is 23.6 Å². The van der Waals surface area contributed by atoms with Crippen LogP contribution in [0.25, 0.3) is 0 Å². The van der Waals surface area contributed by atoms with Gasteiger partial charge >= 0.3 is 0 Å². The Morgan fingerprint density at radius 3 is 1.52 bits per heavy atom. The minimum Gasteiger partial charge on any atom is -0.345 e. The van der Waals surface area contributed by atoms with Gasteiger partial charge in [-0.15, -0.1) is 0 Å². The first-order chi connectivity index (χ1) is 20.5. The topological polar surface area (TPSA) is 75.3 Å². The molecule has 216 valence electrons. The average molecular weight is 561 g/mol. The first-order valence-electron chi connectivity index (χ1n) is 14.9. The lowest BCUT2D eigenvalue weighted by molar-refractivity contribution is -0.124. The molecule has 0 saturated carbocycles. The Morgan fingerprint density at radius 1 is 0.595 bits per heavy atom. The van der Waals surface area contributed by atoms with Gasteiger partial charge in [-0.25, -0.2) is 0 Å². The zero-order valence-corrected chi connectivity index (χ0v) is 24.3. The van der Waals surface area contributed by atoms with E-state index in [4.69, 9.17) is 0 Å². The number of amides is 2. The van der Waals surface area contributed by atoms with Gasteiger partial charge in [-0.05, 0) is 23.1 Å². The van der Waals surface area contributed by atoms with Gasteiger partial charge in [0.25, 0.3) is 0 Å². The monoisotopic (exact) mass is 560 g/mol. The Kier molecular flexibility index (Phi) is 11.2.